The summed E-state index contributed by atoms with van der Waals surface area (Å²) in [7, 11) is 0. The van der Waals surface area contributed by atoms with Gasteiger partial charge < -0.3 is 15.8 Å². The first-order valence-corrected chi connectivity index (χ1v) is 7.26. The molecule has 0 aliphatic heterocycles. The fourth-order valence-corrected chi connectivity index (χ4v) is 1.91. The number of aliphatic imine (C=N–C) groups is 1. The lowest BCUT2D eigenvalue weighted by atomic mass is 10.4. The number of ether oxygens (including phenoxy) is 1. The van der Waals surface area contributed by atoms with Gasteiger partial charge in [0.1, 0.15) is 0 Å². The second-order valence-electron chi connectivity index (χ2n) is 4.75. The van der Waals surface area contributed by atoms with Crippen LogP contribution in [0.4, 0.5) is 0 Å². The number of hydrogen-bond acceptors (Lipinski definition) is 3. The molecule has 0 spiro atoms. The molecule has 1 aromatic heterocycles. The molecule has 0 aromatic carbocycles. The van der Waals surface area contributed by atoms with Crippen molar-refractivity contribution in [2.75, 3.05) is 26.3 Å². The zero-order chi connectivity index (χ0) is 14.8. The molecule has 1 heterocycles. The van der Waals surface area contributed by atoms with E-state index in [4.69, 9.17) is 10.5 Å². The number of aromatic nitrogens is 2. The van der Waals surface area contributed by atoms with Gasteiger partial charge in [-0.2, -0.15) is 5.10 Å². The summed E-state index contributed by atoms with van der Waals surface area (Å²) in [6.45, 7) is 9.97. The molecule has 1 aromatic rings. The first-order chi connectivity index (χ1) is 9.63. The van der Waals surface area contributed by atoms with Crippen LogP contribution in [0.5, 0.6) is 0 Å². The van der Waals surface area contributed by atoms with Crippen molar-refractivity contribution in [3.63, 3.8) is 0 Å². The molecule has 0 aliphatic carbocycles. The average Bonchev–Trinajstić information content (AvgIpc) is 2.73. The fraction of sp³-hybridized carbons (Fsp3) is 0.714. The van der Waals surface area contributed by atoms with Crippen molar-refractivity contribution in [1.29, 1.82) is 0 Å². The summed E-state index contributed by atoms with van der Waals surface area (Å²) in [5.41, 5.74) is 8.02. The lowest BCUT2D eigenvalue weighted by Crippen LogP contribution is -2.33. The van der Waals surface area contributed by atoms with E-state index < -0.39 is 0 Å². The topological polar surface area (TPSA) is 77.5 Å². The zero-order valence-corrected chi connectivity index (χ0v) is 12.9. The molecule has 0 saturated carbocycles. The molecular weight excluding hydrogens is 254 g/mol. The molecule has 0 saturated heterocycles. The van der Waals surface area contributed by atoms with Gasteiger partial charge in [-0.3, -0.25) is 9.67 Å². The third-order valence-corrected chi connectivity index (χ3v) is 2.89. The molecule has 0 bridgehead atoms. The van der Waals surface area contributed by atoms with Crippen molar-refractivity contribution >= 4 is 5.96 Å². The molecule has 0 atom stereocenters. The SMILES string of the molecule is CCOCCCNC(N)=NCCCn1nc(C)cc1C. The van der Waals surface area contributed by atoms with E-state index in [1.54, 1.807) is 0 Å². The molecule has 3 N–H and O–H groups in total. The van der Waals surface area contributed by atoms with Crippen LogP contribution in [-0.2, 0) is 11.3 Å². The van der Waals surface area contributed by atoms with Crippen LogP contribution in [0.15, 0.2) is 11.1 Å². The summed E-state index contributed by atoms with van der Waals surface area (Å²) in [5, 5.41) is 7.49. The van der Waals surface area contributed by atoms with Crippen LogP contribution in [0.25, 0.3) is 0 Å². The van der Waals surface area contributed by atoms with E-state index in [0.717, 1.165) is 44.8 Å². The van der Waals surface area contributed by atoms with Crippen molar-refractivity contribution in [3.05, 3.63) is 17.5 Å². The van der Waals surface area contributed by atoms with E-state index in [9.17, 15) is 0 Å². The van der Waals surface area contributed by atoms with Crippen LogP contribution in [0, 0.1) is 13.8 Å². The first-order valence-electron chi connectivity index (χ1n) is 7.26. The normalized spacial score (nSPS) is 11.8. The molecule has 0 unspecified atom stereocenters. The number of rotatable bonds is 9. The average molecular weight is 281 g/mol. The standard InChI is InChI=1S/C14H27N5O/c1-4-20-10-6-8-17-14(15)16-7-5-9-19-13(3)11-12(2)18-19/h11H,4-10H2,1-3H3,(H3,15,16,17). The van der Waals surface area contributed by atoms with Crippen molar-refractivity contribution < 1.29 is 4.74 Å². The van der Waals surface area contributed by atoms with E-state index >= 15 is 0 Å². The monoisotopic (exact) mass is 281 g/mol. The number of aryl methyl sites for hydroxylation is 3. The van der Waals surface area contributed by atoms with Gasteiger partial charge in [0.15, 0.2) is 5.96 Å². The summed E-state index contributed by atoms with van der Waals surface area (Å²) in [4.78, 5) is 4.29. The first kappa shape index (κ1) is 16.5. The van der Waals surface area contributed by atoms with E-state index in [2.05, 4.69) is 28.4 Å². The fourth-order valence-electron chi connectivity index (χ4n) is 1.91. The summed E-state index contributed by atoms with van der Waals surface area (Å²) in [6.07, 6.45) is 1.87. The lowest BCUT2D eigenvalue weighted by molar-refractivity contribution is 0.145. The second kappa shape index (κ2) is 9.36. The van der Waals surface area contributed by atoms with Crippen LogP contribution in [-0.4, -0.2) is 42.0 Å². The van der Waals surface area contributed by atoms with Gasteiger partial charge in [-0.15, -0.1) is 0 Å². The number of nitrogens with two attached hydrogens (primary N) is 1. The molecule has 20 heavy (non-hydrogen) atoms. The Hall–Kier alpha value is -1.56. The summed E-state index contributed by atoms with van der Waals surface area (Å²) >= 11 is 0. The molecule has 0 radical (unpaired) electrons. The van der Waals surface area contributed by atoms with Gasteiger partial charge in [-0.1, -0.05) is 0 Å². The number of hydrogen-bond donors (Lipinski definition) is 2. The Kier molecular flexibility index (Phi) is 7.72. The highest BCUT2D eigenvalue weighted by Gasteiger charge is 1.99. The van der Waals surface area contributed by atoms with Crippen molar-refractivity contribution in [3.8, 4) is 0 Å². The van der Waals surface area contributed by atoms with Crippen molar-refractivity contribution in [2.24, 2.45) is 10.7 Å². The Morgan fingerprint density at radius 2 is 2.25 bits per heavy atom. The predicted octanol–water partition coefficient (Wildman–Crippen LogP) is 1.22. The molecular formula is C14H27N5O. The minimum atomic E-state index is 0.509. The summed E-state index contributed by atoms with van der Waals surface area (Å²) < 4.78 is 7.26. The van der Waals surface area contributed by atoms with Crippen LogP contribution >= 0.6 is 0 Å². The third kappa shape index (κ3) is 6.56. The van der Waals surface area contributed by atoms with Gasteiger partial charge in [-0.05, 0) is 39.7 Å². The maximum atomic E-state index is 5.78. The Morgan fingerprint density at radius 1 is 1.45 bits per heavy atom. The Morgan fingerprint density at radius 3 is 2.90 bits per heavy atom. The predicted molar refractivity (Wildman–Crippen MR) is 81.9 cm³/mol. The van der Waals surface area contributed by atoms with Crippen LogP contribution in [0.3, 0.4) is 0 Å². The molecule has 1 rings (SSSR count). The molecule has 114 valence electrons. The van der Waals surface area contributed by atoms with Gasteiger partial charge >= 0.3 is 0 Å². The van der Waals surface area contributed by atoms with E-state index in [0.29, 0.717) is 12.5 Å². The Balaban J connectivity index is 2.12. The van der Waals surface area contributed by atoms with Crippen LogP contribution < -0.4 is 11.1 Å². The number of guanidine groups is 1. The van der Waals surface area contributed by atoms with Crippen LogP contribution in [0.1, 0.15) is 31.2 Å². The van der Waals surface area contributed by atoms with Gasteiger partial charge in [-0.25, -0.2) is 0 Å². The Bertz CT molecular complexity index is 414. The zero-order valence-electron chi connectivity index (χ0n) is 12.9. The van der Waals surface area contributed by atoms with Gasteiger partial charge in [0.05, 0.1) is 5.69 Å². The summed E-state index contributed by atoms with van der Waals surface area (Å²) in [5.74, 6) is 0.509. The van der Waals surface area contributed by atoms with Gasteiger partial charge in [0.2, 0.25) is 0 Å². The number of nitrogens with one attached hydrogen (secondary N) is 1. The summed E-state index contributed by atoms with van der Waals surface area (Å²) in [6, 6.07) is 2.08. The van der Waals surface area contributed by atoms with Crippen LogP contribution in [0.2, 0.25) is 0 Å². The number of nitrogens with zero attached hydrogens (tertiary/aromatic N) is 3. The Labute approximate surface area is 121 Å². The second-order valence-corrected chi connectivity index (χ2v) is 4.75. The van der Waals surface area contributed by atoms with Gasteiger partial charge in [0, 0.05) is 38.5 Å². The lowest BCUT2D eigenvalue weighted by Gasteiger charge is -2.06. The van der Waals surface area contributed by atoms with E-state index in [-0.39, 0.29) is 0 Å². The van der Waals surface area contributed by atoms with E-state index in [1.807, 2.05) is 18.5 Å². The maximum absolute atomic E-state index is 5.78. The highest BCUT2D eigenvalue weighted by molar-refractivity contribution is 5.77. The highest BCUT2D eigenvalue weighted by atomic mass is 16.5. The molecule has 6 heteroatoms. The van der Waals surface area contributed by atoms with Crippen molar-refractivity contribution in [1.82, 2.24) is 15.1 Å². The third-order valence-electron chi connectivity index (χ3n) is 2.89. The minimum Gasteiger partial charge on any atom is -0.382 e. The highest BCUT2D eigenvalue weighted by Crippen LogP contribution is 2.02. The molecule has 0 aliphatic rings. The quantitative estimate of drug-likeness (QED) is 0.405. The largest absolute Gasteiger partial charge is 0.382 e. The maximum Gasteiger partial charge on any atom is 0.188 e. The van der Waals surface area contributed by atoms with Crippen molar-refractivity contribution in [2.45, 2.75) is 40.2 Å². The molecule has 0 amide bonds. The molecule has 0 fully saturated rings. The smallest absolute Gasteiger partial charge is 0.188 e. The van der Waals surface area contributed by atoms with E-state index in [1.165, 1.54) is 5.69 Å². The van der Waals surface area contributed by atoms with Gasteiger partial charge in [0.25, 0.3) is 0 Å². The molecule has 6 nitrogen and oxygen atoms in total. The minimum absolute atomic E-state index is 0.509.